The van der Waals surface area contributed by atoms with Gasteiger partial charge in [-0.25, -0.2) is 0 Å². The van der Waals surface area contributed by atoms with Crippen molar-refractivity contribution in [2.75, 3.05) is 6.26 Å². The van der Waals surface area contributed by atoms with Gasteiger partial charge in [0.05, 0.1) is 6.26 Å². The number of hydrogen-bond donors (Lipinski definition) is 0. The van der Waals surface area contributed by atoms with E-state index in [1.165, 1.54) is 5.56 Å². The minimum Gasteiger partial charge on any atom is -0.382 e. The molecule has 0 bridgehead atoms. The second kappa shape index (κ2) is 2.73. The van der Waals surface area contributed by atoms with Gasteiger partial charge in [0, 0.05) is 0 Å². The Morgan fingerprint density at radius 3 is 2.62 bits per heavy atom. The largest absolute Gasteiger partial charge is 0.382 e. The third-order valence-corrected chi connectivity index (χ3v) is 2.60. The second-order valence-electron chi connectivity index (χ2n) is 3.18. The van der Waals surface area contributed by atoms with Crippen LogP contribution >= 0.6 is 0 Å². The van der Waals surface area contributed by atoms with Gasteiger partial charge >= 0.3 is 10.1 Å². The second-order valence-corrected chi connectivity index (χ2v) is 4.76. The first-order chi connectivity index (χ1) is 6.06. The minimum absolute atomic E-state index is 0.492. The molecule has 1 aliphatic carbocycles. The molecular formula is C9H10O3S. The van der Waals surface area contributed by atoms with Gasteiger partial charge in [0.25, 0.3) is 0 Å². The van der Waals surface area contributed by atoms with E-state index < -0.39 is 10.1 Å². The highest BCUT2D eigenvalue weighted by Gasteiger charge is 2.19. The Morgan fingerprint density at radius 2 is 2.08 bits per heavy atom. The van der Waals surface area contributed by atoms with Gasteiger partial charge in [-0.05, 0) is 30.0 Å². The maximum Gasteiger partial charge on any atom is 0.306 e. The normalized spacial score (nSPS) is 14.5. The number of benzene rings is 1. The summed E-state index contributed by atoms with van der Waals surface area (Å²) in [6.45, 7) is 0. The summed E-state index contributed by atoms with van der Waals surface area (Å²) in [7, 11) is -3.38. The van der Waals surface area contributed by atoms with Crippen LogP contribution in [0.1, 0.15) is 11.1 Å². The molecular weight excluding hydrogens is 188 g/mol. The molecule has 0 aromatic heterocycles. The highest BCUT2D eigenvalue weighted by Crippen LogP contribution is 2.32. The van der Waals surface area contributed by atoms with E-state index in [2.05, 4.69) is 0 Å². The molecule has 0 unspecified atom stereocenters. The predicted molar refractivity (Wildman–Crippen MR) is 49.3 cm³/mol. The smallest absolute Gasteiger partial charge is 0.306 e. The van der Waals surface area contributed by atoms with Crippen molar-refractivity contribution in [3.8, 4) is 5.75 Å². The van der Waals surface area contributed by atoms with Gasteiger partial charge in [0.2, 0.25) is 0 Å². The molecule has 0 atom stereocenters. The summed E-state index contributed by atoms with van der Waals surface area (Å²) >= 11 is 0. The number of rotatable bonds is 2. The van der Waals surface area contributed by atoms with E-state index in [0.717, 1.165) is 24.7 Å². The lowest BCUT2D eigenvalue weighted by Gasteiger charge is -2.21. The third kappa shape index (κ3) is 1.67. The van der Waals surface area contributed by atoms with Crippen LogP contribution in [-0.4, -0.2) is 14.7 Å². The van der Waals surface area contributed by atoms with Crippen LogP contribution in [-0.2, 0) is 23.0 Å². The van der Waals surface area contributed by atoms with Crippen LogP contribution in [0.25, 0.3) is 0 Å². The monoisotopic (exact) mass is 198 g/mol. The highest BCUT2D eigenvalue weighted by atomic mass is 32.2. The third-order valence-electron chi connectivity index (χ3n) is 2.12. The summed E-state index contributed by atoms with van der Waals surface area (Å²) < 4.78 is 26.6. The van der Waals surface area contributed by atoms with Crippen LogP contribution in [0.2, 0.25) is 0 Å². The Kier molecular flexibility index (Phi) is 1.80. The Balaban J connectivity index is 2.37. The van der Waals surface area contributed by atoms with Crippen molar-refractivity contribution < 1.29 is 12.6 Å². The molecule has 70 valence electrons. The fourth-order valence-electron chi connectivity index (χ4n) is 1.45. The van der Waals surface area contributed by atoms with Crippen molar-refractivity contribution in [3.63, 3.8) is 0 Å². The maximum atomic E-state index is 10.9. The van der Waals surface area contributed by atoms with Crippen molar-refractivity contribution in [2.45, 2.75) is 12.8 Å². The lowest BCUT2D eigenvalue weighted by atomic mass is 9.88. The first kappa shape index (κ1) is 8.56. The van der Waals surface area contributed by atoms with E-state index in [9.17, 15) is 8.42 Å². The average molecular weight is 198 g/mol. The summed E-state index contributed by atoms with van der Waals surface area (Å²) in [5.74, 6) is 0.492. The Bertz CT molecular complexity index is 434. The zero-order chi connectivity index (χ0) is 9.47. The van der Waals surface area contributed by atoms with Crippen LogP contribution in [0.3, 0.4) is 0 Å². The molecule has 4 heteroatoms. The summed E-state index contributed by atoms with van der Waals surface area (Å²) in [6.07, 6.45) is 3.00. The fraction of sp³-hybridized carbons (Fsp3) is 0.333. The van der Waals surface area contributed by atoms with Crippen molar-refractivity contribution in [3.05, 3.63) is 29.3 Å². The maximum absolute atomic E-state index is 10.9. The van der Waals surface area contributed by atoms with Crippen molar-refractivity contribution in [1.29, 1.82) is 0 Å². The summed E-state index contributed by atoms with van der Waals surface area (Å²) in [5, 5.41) is 0. The van der Waals surface area contributed by atoms with Gasteiger partial charge in [-0.1, -0.05) is 12.1 Å². The Morgan fingerprint density at radius 1 is 1.31 bits per heavy atom. The van der Waals surface area contributed by atoms with E-state index in [1.54, 1.807) is 6.07 Å². The van der Waals surface area contributed by atoms with E-state index in [1.807, 2.05) is 12.1 Å². The van der Waals surface area contributed by atoms with Crippen molar-refractivity contribution >= 4 is 10.1 Å². The SMILES string of the molecule is CS(=O)(=O)Oc1cccc2c1CC2. The van der Waals surface area contributed by atoms with Gasteiger partial charge in [-0.15, -0.1) is 0 Å². The highest BCUT2D eigenvalue weighted by molar-refractivity contribution is 7.86. The number of fused-ring (bicyclic) bond motifs is 1. The lowest BCUT2D eigenvalue weighted by Crippen LogP contribution is -2.14. The molecule has 0 radical (unpaired) electrons. The summed E-state index contributed by atoms with van der Waals surface area (Å²) in [5.41, 5.74) is 2.23. The van der Waals surface area contributed by atoms with E-state index in [0.29, 0.717) is 5.75 Å². The molecule has 0 amide bonds. The molecule has 0 heterocycles. The first-order valence-corrected chi connectivity index (χ1v) is 5.88. The van der Waals surface area contributed by atoms with Crippen LogP contribution in [0, 0.1) is 0 Å². The van der Waals surface area contributed by atoms with E-state index in [-0.39, 0.29) is 0 Å². The molecule has 0 aliphatic heterocycles. The predicted octanol–water partition coefficient (Wildman–Crippen LogP) is 1.12. The molecule has 1 aliphatic rings. The van der Waals surface area contributed by atoms with E-state index in [4.69, 9.17) is 4.18 Å². The van der Waals surface area contributed by atoms with Crippen LogP contribution < -0.4 is 4.18 Å². The van der Waals surface area contributed by atoms with Crippen LogP contribution in [0.4, 0.5) is 0 Å². The van der Waals surface area contributed by atoms with Crippen molar-refractivity contribution in [1.82, 2.24) is 0 Å². The molecule has 1 aromatic carbocycles. The first-order valence-electron chi connectivity index (χ1n) is 4.06. The summed E-state index contributed by atoms with van der Waals surface area (Å²) in [4.78, 5) is 0. The summed E-state index contributed by atoms with van der Waals surface area (Å²) in [6, 6.07) is 5.51. The zero-order valence-electron chi connectivity index (χ0n) is 7.28. The molecule has 0 N–H and O–H groups in total. The molecule has 0 fully saturated rings. The van der Waals surface area contributed by atoms with Crippen LogP contribution in [0.15, 0.2) is 18.2 Å². The van der Waals surface area contributed by atoms with Gasteiger partial charge in [0.15, 0.2) is 0 Å². The molecule has 3 nitrogen and oxygen atoms in total. The van der Waals surface area contributed by atoms with Gasteiger partial charge in [0.1, 0.15) is 5.75 Å². The van der Waals surface area contributed by atoms with Crippen molar-refractivity contribution in [2.24, 2.45) is 0 Å². The Hall–Kier alpha value is -1.03. The van der Waals surface area contributed by atoms with Gasteiger partial charge < -0.3 is 4.18 Å². The topological polar surface area (TPSA) is 43.4 Å². The molecule has 0 saturated heterocycles. The molecule has 0 spiro atoms. The number of hydrogen-bond acceptors (Lipinski definition) is 3. The zero-order valence-corrected chi connectivity index (χ0v) is 8.10. The molecule has 1 aromatic rings. The quantitative estimate of drug-likeness (QED) is 0.669. The van der Waals surface area contributed by atoms with Gasteiger partial charge in [-0.2, -0.15) is 8.42 Å². The Labute approximate surface area is 77.5 Å². The number of aryl methyl sites for hydroxylation is 1. The van der Waals surface area contributed by atoms with Gasteiger partial charge in [-0.3, -0.25) is 0 Å². The minimum atomic E-state index is -3.38. The molecule has 13 heavy (non-hydrogen) atoms. The van der Waals surface area contributed by atoms with E-state index >= 15 is 0 Å². The average Bonchev–Trinajstić information content (AvgIpc) is 1.89. The van der Waals surface area contributed by atoms with Crippen LogP contribution in [0.5, 0.6) is 5.75 Å². The molecule has 2 rings (SSSR count). The lowest BCUT2D eigenvalue weighted by molar-refractivity contribution is 0.486. The molecule has 0 saturated carbocycles. The standard InChI is InChI=1S/C9H10O3S/c1-13(10,11)12-9-4-2-3-7-5-6-8(7)9/h2-4H,5-6H2,1H3. The fourth-order valence-corrected chi connectivity index (χ4v) is 1.94.